The average molecular weight is 232 g/mol. The van der Waals surface area contributed by atoms with Crippen molar-refractivity contribution in [2.75, 3.05) is 25.0 Å². The molecule has 0 unspecified atom stereocenters. The Kier molecular flexibility index (Phi) is 2.91. The third-order valence-electron chi connectivity index (χ3n) is 2.73. The second-order valence-electron chi connectivity index (χ2n) is 3.94. The number of carbonyl (C=O) groups is 3. The summed E-state index contributed by atoms with van der Waals surface area (Å²) in [7, 11) is 1.60. The molecule has 5 nitrogen and oxygen atoms in total. The van der Waals surface area contributed by atoms with Crippen molar-refractivity contribution in [1.82, 2.24) is 4.90 Å². The maximum absolute atomic E-state index is 11.8. The van der Waals surface area contributed by atoms with Crippen LogP contribution in [0, 0.1) is 0 Å². The minimum absolute atomic E-state index is 0.0514. The van der Waals surface area contributed by atoms with Crippen LogP contribution in [0.1, 0.15) is 10.4 Å². The second kappa shape index (κ2) is 4.37. The van der Waals surface area contributed by atoms with Crippen molar-refractivity contribution in [3.8, 4) is 0 Å². The van der Waals surface area contributed by atoms with E-state index in [-0.39, 0.29) is 24.9 Å². The number of rotatable bonds is 2. The first kappa shape index (κ1) is 11.3. The average Bonchev–Trinajstić information content (AvgIpc) is 2.34. The number of amides is 2. The second-order valence-corrected chi connectivity index (χ2v) is 3.94. The van der Waals surface area contributed by atoms with Gasteiger partial charge < -0.3 is 9.80 Å². The number of anilines is 1. The van der Waals surface area contributed by atoms with Gasteiger partial charge in [0.15, 0.2) is 0 Å². The van der Waals surface area contributed by atoms with Gasteiger partial charge in [0.05, 0.1) is 6.54 Å². The molecule has 2 amide bonds. The van der Waals surface area contributed by atoms with E-state index in [1.807, 2.05) is 0 Å². The lowest BCUT2D eigenvalue weighted by Crippen LogP contribution is -2.52. The predicted molar refractivity (Wildman–Crippen MR) is 61.8 cm³/mol. The molecule has 1 aliphatic heterocycles. The van der Waals surface area contributed by atoms with Crippen molar-refractivity contribution in [3.05, 3.63) is 29.8 Å². The van der Waals surface area contributed by atoms with E-state index >= 15 is 0 Å². The number of benzene rings is 1. The Bertz CT molecular complexity index is 467. The summed E-state index contributed by atoms with van der Waals surface area (Å²) in [6.07, 6.45) is 0.737. The summed E-state index contributed by atoms with van der Waals surface area (Å²) in [5.41, 5.74) is 1.18. The minimum Gasteiger partial charge on any atom is -0.335 e. The molecule has 1 fully saturated rings. The fourth-order valence-electron chi connectivity index (χ4n) is 1.69. The molecule has 1 saturated heterocycles. The van der Waals surface area contributed by atoms with Gasteiger partial charge >= 0.3 is 0 Å². The normalized spacial score (nSPS) is 16.3. The molecule has 0 N–H and O–H groups in total. The Labute approximate surface area is 98.6 Å². The van der Waals surface area contributed by atoms with Gasteiger partial charge in [0.1, 0.15) is 12.8 Å². The largest absolute Gasteiger partial charge is 0.335 e. The van der Waals surface area contributed by atoms with Crippen molar-refractivity contribution in [3.63, 3.8) is 0 Å². The van der Waals surface area contributed by atoms with E-state index in [9.17, 15) is 14.4 Å². The Balaban J connectivity index is 2.23. The summed E-state index contributed by atoms with van der Waals surface area (Å²) in [5.74, 6) is -0.213. The van der Waals surface area contributed by atoms with Crippen molar-refractivity contribution in [1.29, 1.82) is 0 Å². The Morgan fingerprint density at radius 2 is 1.71 bits per heavy atom. The van der Waals surface area contributed by atoms with E-state index in [0.717, 1.165) is 6.29 Å². The van der Waals surface area contributed by atoms with Crippen LogP contribution in [0.4, 0.5) is 5.69 Å². The zero-order valence-corrected chi connectivity index (χ0v) is 9.42. The van der Waals surface area contributed by atoms with Crippen molar-refractivity contribution < 1.29 is 14.4 Å². The van der Waals surface area contributed by atoms with Gasteiger partial charge in [-0.15, -0.1) is 0 Å². The molecule has 0 saturated carbocycles. The fraction of sp³-hybridized carbons (Fsp3) is 0.250. The van der Waals surface area contributed by atoms with Crippen molar-refractivity contribution >= 4 is 23.8 Å². The quantitative estimate of drug-likeness (QED) is 0.689. The molecule has 5 heteroatoms. The molecule has 1 aromatic rings. The van der Waals surface area contributed by atoms with Crippen LogP contribution in [-0.2, 0) is 9.59 Å². The summed E-state index contributed by atoms with van der Waals surface area (Å²) in [6, 6.07) is 6.58. The molecular weight excluding hydrogens is 220 g/mol. The van der Waals surface area contributed by atoms with Crippen LogP contribution in [0.3, 0.4) is 0 Å². The van der Waals surface area contributed by atoms with Crippen LogP contribution < -0.4 is 4.90 Å². The van der Waals surface area contributed by atoms with Crippen LogP contribution in [-0.4, -0.2) is 43.1 Å². The number of hydrogen-bond acceptors (Lipinski definition) is 3. The van der Waals surface area contributed by atoms with Crippen LogP contribution >= 0.6 is 0 Å². The number of likely N-dealkylation sites (N-methyl/N-ethyl adjacent to an activating group) is 1. The third-order valence-corrected chi connectivity index (χ3v) is 2.73. The molecule has 1 aliphatic rings. The fourth-order valence-corrected chi connectivity index (χ4v) is 1.69. The Morgan fingerprint density at radius 1 is 1.06 bits per heavy atom. The highest BCUT2D eigenvalue weighted by molar-refractivity contribution is 6.04. The van der Waals surface area contributed by atoms with Gasteiger partial charge in [-0.25, -0.2) is 0 Å². The molecule has 0 spiro atoms. The zero-order chi connectivity index (χ0) is 12.4. The SMILES string of the molecule is CN1CC(=O)N(c2ccc(C=O)cc2)CC1=O. The first-order valence-corrected chi connectivity index (χ1v) is 5.21. The maximum Gasteiger partial charge on any atom is 0.247 e. The lowest BCUT2D eigenvalue weighted by atomic mass is 10.2. The van der Waals surface area contributed by atoms with E-state index in [1.165, 1.54) is 9.80 Å². The van der Waals surface area contributed by atoms with Gasteiger partial charge in [0, 0.05) is 18.3 Å². The smallest absolute Gasteiger partial charge is 0.247 e. The first-order valence-electron chi connectivity index (χ1n) is 5.21. The summed E-state index contributed by atoms with van der Waals surface area (Å²) in [6.45, 7) is 0.143. The van der Waals surface area contributed by atoms with Gasteiger partial charge in [-0.05, 0) is 24.3 Å². The van der Waals surface area contributed by atoms with Crippen LogP contribution in [0.25, 0.3) is 0 Å². The highest BCUT2D eigenvalue weighted by Gasteiger charge is 2.28. The third kappa shape index (κ3) is 2.18. The number of piperazine rings is 1. The van der Waals surface area contributed by atoms with Gasteiger partial charge in [-0.1, -0.05) is 0 Å². The molecule has 1 aromatic carbocycles. The van der Waals surface area contributed by atoms with E-state index in [0.29, 0.717) is 11.3 Å². The topological polar surface area (TPSA) is 57.7 Å². The molecule has 1 heterocycles. The summed E-state index contributed by atoms with van der Waals surface area (Å²) in [5, 5.41) is 0. The molecule has 88 valence electrons. The van der Waals surface area contributed by atoms with Crippen molar-refractivity contribution in [2.45, 2.75) is 0 Å². The van der Waals surface area contributed by atoms with Gasteiger partial charge in [0.25, 0.3) is 0 Å². The maximum atomic E-state index is 11.8. The van der Waals surface area contributed by atoms with Gasteiger partial charge in [-0.2, -0.15) is 0 Å². The molecule has 17 heavy (non-hydrogen) atoms. The number of nitrogens with zero attached hydrogens (tertiary/aromatic N) is 2. The molecule has 0 aromatic heterocycles. The first-order chi connectivity index (χ1) is 8.11. The Hall–Kier alpha value is -2.17. The van der Waals surface area contributed by atoms with Gasteiger partial charge in [0.2, 0.25) is 11.8 Å². The summed E-state index contributed by atoms with van der Waals surface area (Å²) < 4.78 is 0. The minimum atomic E-state index is -0.119. The van der Waals surface area contributed by atoms with E-state index in [1.54, 1.807) is 31.3 Å². The molecular formula is C12H12N2O3. The van der Waals surface area contributed by atoms with E-state index in [4.69, 9.17) is 0 Å². The summed E-state index contributed by atoms with van der Waals surface area (Å²) in [4.78, 5) is 36.6. The van der Waals surface area contributed by atoms with Crippen molar-refractivity contribution in [2.24, 2.45) is 0 Å². The molecule has 0 radical (unpaired) electrons. The molecule has 0 atom stereocenters. The molecule has 0 bridgehead atoms. The number of carbonyl (C=O) groups excluding carboxylic acids is 3. The van der Waals surface area contributed by atoms with Crippen LogP contribution in [0.2, 0.25) is 0 Å². The zero-order valence-electron chi connectivity index (χ0n) is 9.42. The van der Waals surface area contributed by atoms with Gasteiger partial charge in [-0.3, -0.25) is 14.4 Å². The monoisotopic (exact) mass is 232 g/mol. The number of hydrogen-bond donors (Lipinski definition) is 0. The summed E-state index contributed by atoms with van der Waals surface area (Å²) >= 11 is 0. The lowest BCUT2D eigenvalue weighted by Gasteiger charge is -2.31. The Morgan fingerprint density at radius 3 is 2.29 bits per heavy atom. The highest BCUT2D eigenvalue weighted by atomic mass is 16.2. The predicted octanol–water partition coefficient (Wildman–Crippen LogP) is 0.304. The van der Waals surface area contributed by atoms with Crippen LogP contribution in [0.15, 0.2) is 24.3 Å². The van der Waals surface area contributed by atoms with E-state index in [2.05, 4.69) is 0 Å². The van der Waals surface area contributed by atoms with E-state index < -0.39 is 0 Å². The van der Waals surface area contributed by atoms with Crippen LogP contribution in [0.5, 0.6) is 0 Å². The molecule has 0 aliphatic carbocycles. The number of aldehydes is 1. The lowest BCUT2D eigenvalue weighted by molar-refractivity contribution is -0.136. The highest BCUT2D eigenvalue weighted by Crippen LogP contribution is 2.17. The standard InChI is InChI=1S/C12H12N2O3/c1-13-6-12(17)14(7-11(13)16)10-4-2-9(8-15)3-5-10/h2-5,8H,6-7H2,1H3. The molecule has 2 rings (SSSR count).